The summed E-state index contributed by atoms with van der Waals surface area (Å²) in [7, 11) is 0. The van der Waals surface area contributed by atoms with Gasteiger partial charge in [-0.05, 0) is 36.1 Å². The normalized spacial score (nSPS) is 11.7. The summed E-state index contributed by atoms with van der Waals surface area (Å²) in [5, 5.41) is 12.8. The van der Waals surface area contributed by atoms with Gasteiger partial charge < -0.3 is 4.57 Å². The minimum atomic E-state index is 0.864. The lowest BCUT2D eigenvalue weighted by Crippen LogP contribution is -2.02. The van der Waals surface area contributed by atoms with E-state index in [1.165, 1.54) is 90.7 Å². The Labute approximate surface area is 272 Å². The second-order valence-electron chi connectivity index (χ2n) is 12.6. The number of aromatic nitrogens is 4. The molecule has 0 unspecified atom stereocenters. The highest BCUT2D eigenvalue weighted by atomic mass is 15.5. The monoisotopic (exact) mass is 604 g/mol. The van der Waals surface area contributed by atoms with E-state index in [1.807, 2.05) is 4.80 Å². The van der Waals surface area contributed by atoms with Gasteiger partial charge in [-0.25, -0.2) is 0 Å². The second-order valence-corrected chi connectivity index (χ2v) is 12.6. The van der Waals surface area contributed by atoms with Crippen LogP contribution in [0.25, 0.3) is 55.1 Å². The van der Waals surface area contributed by atoms with Crippen LogP contribution in [0, 0.1) is 0 Å². The van der Waals surface area contributed by atoms with Crippen molar-refractivity contribution in [3.8, 4) is 22.3 Å². The molecular formula is C42H44N4. The molecule has 0 fully saturated rings. The molecule has 2 aromatic heterocycles. The number of fused-ring (bicyclic) bond motifs is 4. The molecule has 0 atom stereocenters. The van der Waals surface area contributed by atoms with E-state index in [9.17, 15) is 0 Å². The van der Waals surface area contributed by atoms with Crippen LogP contribution in [0.1, 0.15) is 64.2 Å². The van der Waals surface area contributed by atoms with Gasteiger partial charge in [0.1, 0.15) is 11.0 Å². The number of unbranched alkanes of at least 4 members (excludes halogenated alkanes) is 9. The van der Waals surface area contributed by atoms with Gasteiger partial charge in [-0.3, -0.25) is 0 Å². The van der Waals surface area contributed by atoms with E-state index in [-0.39, 0.29) is 0 Å². The maximum absolute atomic E-state index is 5.01. The summed E-state index contributed by atoms with van der Waals surface area (Å²) >= 11 is 0. The summed E-state index contributed by atoms with van der Waals surface area (Å²) in [5.74, 6) is 0. The summed E-state index contributed by atoms with van der Waals surface area (Å²) in [6.07, 6.45) is 12.9. The Hall–Kier alpha value is -4.70. The fourth-order valence-corrected chi connectivity index (χ4v) is 7.02. The molecule has 0 amide bonds. The molecule has 0 N–H and O–H groups in total. The molecular weight excluding hydrogens is 560 g/mol. The lowest BCUT2D eigenvalue weighted by Gasteiger charge is -2.07. The largest absolute Gasteiger partial charge is 0.340 e. The molecule has 0 aliphatic carbocycles. The molecule has 5 aromatic carbocycles. The van der Waals surface area contributed by atoms with Crippen molar-refractivity contribution < 1.29 is 0 Å². The third-order valence-electron chi connectivity index (χ3n) is 9.42. The Morgan fingerprint density at radius 1 is 0.370 bits per heavy atom. The molecule has 7 aromatic rings. The smallest absolute Gasteiger partial charge is 0.121 e. The van der Waals surface area contributed by atoms with E-state index in [0.29, 0.717) is 0 Å². The molecule has 7 rings (SSSR count). The topological polar surface area (TPSA) is 35.6 Å². The van der Waals surface area contributed by atoms with Gasteiger partial charge in [0.05, 0.1) is 6.54 Å². The Balaban J connectivity index is 0.841. The fourth-order valence-electron chi connectivity index (χ4n) is 7.02. The second kappa shape index (κ2) is 14.6. The molecule has 232 valence electrons. The fraction of sp³-hybridized carbons (Fsp3) is 0.286. The molecule has 0 radical (unpaired) electrons. The lowest BCUT2D eigenvalue weighted by molar-refractivity contribution is 0.482. The quantitative estimate of drug-likeness (QED) is 0.109. The molecule has 0 aliphatic rings. The number of hydrogen-bond donors (Lipinski definition) is 0. The van der Waals surface area contributed by atoms with Crippen LogP contribution in [0.4, 0.5) is 0 Å². The number of rotatable bonds is 15. The van der Waals surface area contributed by atoms with Crippen LogP contribution in [0.5, 0.6) is 0 Å². The number of hydrogen-bond acceptors (Lipinski definition) is 2. The standard InChI is InChI=1S/C42H44N4/c1(3-5-7-19-31-45-39-27-17-15-25-37(39)38-26-16-18-28-40(38)45)2-4-6-8-20-32-46-43-41-35(33-21-11-9-12-22-33)29-30-36(42(41)44-46)34-23-13-10-14-24-34/h9-18,21-30H,1-8,19-20,31-32H2. The van der Waals surface area contributed by atoms with Gasteiger partial charge in [0.25, 0.3) is 0 Å². The van der Waals surface area contributed by atoms with Crippen molar-refractivity contribution >= 4 is 32.8 Å². The van der Waals surface area contributed by atoms with Crippen LogP contribution < -0.4 is 0 Å². The Kier molecular flexibility index (Phi) is 9.51. The van der Waals surface area contributed by atoms with Crippen molar-refractivity contribution in [2.24, 2.45) is 0 Å². The zero-order chi connectivity index (χ0) is 31.0. The lowest BCUT2D eigenvalue weighted by atomic mass is 9.98. The van der Waals surface area contributed by atoms with E-state index in [1.54, 1.807) is 0 Å². The maximum atomic E-state index is 5.01. The molecule has 4 heteroatoms. The number of para-hydroxylation sites is 2. The van der Waals surface area contributed by atoms with Crippen LogP contribution in [0.2, 0.25) is 0 Å². The average Bonchev–Trinajstić information content (AvgIpc) is 3.68. The number of benzene rings is 5. The van der Waals surface area contributed by atoms with Gasteiger partial charge in [-0.15, -0.1) is 0 Å². The van der Waals surface area contributed by atoms with Crippen molar-refractivity contribution in [2.75, 3.05) is 0 Å². The van der Waals surface area contributed by atoms with Crippen molar-refractivity contribution in [3.05, 3.63) is 121 Å². The highest BCUT2D eigenvalue weighted by molar-refractivity contribution is 6.08. The Morgan fingerprint density at radius 3 is 1.24 bits per heavy atom. The molecule has 46 heavy (non-hydrogen) atoms. The highest BCUT2D eigenvalue weighted by Gasteiger charge is 2.15. The van der Waals surface area contributed by atoms with Crippen molar-refractivity contribution in [1.82, 2.24) is 19.6 Å². The van der Waals surface area contributed by atoms with Crippen LogP contribution in [-0.2, 0) is 13.1 Å². The van der Waals surface area contributed by atoms with Crippen LogP contribution >= 0.6 is 0 Å². The minimum absolute atomic E-state index is 0.864. The van der Waals surface area contributed by atoms with Gasteiger partial charge in [-0.1, -0.05) is 161 Å². The number of nitrogens with zero attached hydrogens (tertiary/aromatic N) is 4. The predicted molar refractivity (Wildman–Crippen MR) is 194 cm³/mol. The highest BCUT2D eigenvalue weighted by Crippen LogP contribution is 2.34. The van der Waals surface area contributed by atoms with Crippen molar-refractivity contribution in [2.45, 2.75) is 77.3 Å². The van der Waals surface area contributed by atoms with Crippen molar-refractivity contribution in [3.63, 3.8) is 0 Å². The number of aryl methyl sites for hydroxylation is 2. The molecule has 0 saturated heterocycles. The Morgan fingerprint density at radius 2 is 0.761 bits per heavy atom. The maximum Gasteiger partial charge on any atom is 0.121 e. The first-order valence-corrected chi connectivity index (χ1v) is 17.3. The summed E-state index contributed by atoms with van der Waals surface area (Å²) in [6.45, 7) is 1.97. The molecule has 0 aliphatic heterocycles. The summed E-state index contributed by atoms with van der Waals surface area (Å²) in [6, 6.07) is 43.2. The summed E-state index contributed by atoms with van der Waals surface area (Å²) in [4.78, 5) is 1.93. The van der Waals surface area contributed by atoms with E-state index in [0.717, 1.165) is 41.7 Å². The molecule has 0 saturated carbocycles. The minimum Gasteiger partial charge on any atom is -0.340 e. The zero-order valence-corrected chi connectivity index (χ0v) is 26.8. The predicted octanol–water partition coefficient (Wildman–Crippen LogP) is 11.5. The van der Waals surface area contributed by atoms with Crippen molar-refractivity contribution in [1.29, 1.82) is 0 Å². The average molecular weight is 605 g/mol. The third kappa shape index (κ3) is 6.62. The first-order valence-electron chi connectivity index (χ1n) is 17.3. The first-order chi connectivity index (χ1) is 22.9. The molecule has 0 bridgehead atoms. The van der Waals surface area contributed by atoms with E-state index < -0.39 is 0 Å². The molecule has 0 spiro atoms. The van der Waals surface area contributed by atoms with Crippen LogP contribution in [0.15, 0.2) is 121 Å². The zero-order valence-electron chi connectivity index (χ0n) is 26.8. The van der Waals surface area contributed by atoms with Gasteiger partial charge in [-0.2, -0.15) is 15.0 Å². The van der Waals surface area contributed by atoms with Gasteiger partial charge in [0.2, 0.25) is 0 Å². The van der Waals surface area contributed by atoms with E-state index >= 15 is 0 Å². The SMILES string of the molecule is c1ccc(-c2ccc(-c3ccccc3)c3nn(CCCCCCCCCCCCn4c5ccccc5c5ccccc54)nc23)cc1. The van der Waals surface area contributed by atoms with Gasteiger partial charge >= 0.3 is 0 Å². The summed E-state index contributed by atoms with van der Waals surface area (Å²) in [5.41, 5.74) is 9.37. The van der Waals surface area contributed by atoms with Gasteiger partial charge in [0, 0.05) is 39.5 Å². The molecule has 2 heterocycles. The van der Waals surface area contributed by atoms with E-state index in [2.05, 4.69) is 126 Å². The molecule has 4 nitrogen and oxygen atoms in total. The summed E-state index contributed by atoms with van der Waals surface area (Å²) < 4.78 is 2.52. The van der Waals surface area contributed by atoms with Crippen LogP contribution in [-0.4, -0.2) is 19.6 Å². The van der Waals surface area contributed by atoms with Crippen LogP contribution in [0.3, 0.4) is 0 Å². The van der Waals surface area contributed by atoms with Gasteiger partial charge in [0.15, 0.2) is 0 Å². The third-order valence-corrected chi connectivity index (χ3v) is 9.42. The van der Waals surface area contributed by atoms with E-state index in [4.69, 9.17) is 10.2 Å². The first kappa shape index (κ1) is 30.0. The Bertz CT molecular complexity index is 1870.